The number of guanidine groups is 1. The van der Waals surface area contributed by atoms with Gasteiger partial charge in [0.15, 0.2) is 5.96 Å². The van der Waals surface area contributed by atoms with Gasteiger partial charge in [0.1, 0.15) is 5.75 Å². The van der Waals surface area contributed by atoms with E-state index < -0.39 is 0 Å². The standard InChI is InChI=1S/C18H29N3O3/c1-5-24-17(22)7-6-11-20-18(19-3)21-12-10-15-13-14(2)8-9-16(15)23-4/h8-9,13H,5-7,10-12H2,1-4H3,(H2,19,20,21). The molecular weight excluding hydrogens is 306 g/mol. The molecule has 0 saturated heterocycles. The van der Waals surface area contributed by atoms with Gasteiger partial charge in [-0.3, -0.25) is 9.79 Å². The molecule has 0 atom stereocenters. The minimum atomic E-state index is -0.159. The molecule has 1 rings (SSSR count). The van der Waals surface area contributed by atoms with E-state index in [4.69, 9.17) is 9.47 Å². The number of aliphatic imine (C=N–C) groups is 1. The van der Waals surface area contributed by atoms with Gasteiger partial charge in [0.05, 0.1) is 13.7 Å². The van der Waals surface area contributed by atoms with Crippen LogP contribution in [0.2, 0.25) is 0 Å². The monoisotopic (exact) mass is 335 g/mol. The maximum Gasteiger partial charge on any atom is 0.305 e. The van der Waals surface area contributed by atoms with E-state index in [9.17, 15) is 4.79 Å². The van der Waals surface area contributed by atoms with Crippen LogP contribution >= 0.6 is 0 Å². The summed E-state index contributed by atoms with van der Waals surface area (Å²) in [5, 5.41) is 6.46. The Hall–Kier alpha value is -2.24. The van der Waals surface area contributed by atoms with Crippen LogP contribution in [0, 0.1) is 6.92 Å². The number of esters is 1. The van der Waals surface area contributed by atoms with Crippen LogP contribution in [0.15, 0.2) is 23.2 Å². The fraction of sp³-hybridized carbons (Fsp3) is 0.556. The van der Waals surface area contributed by atoms with E-state index in [0.717, 1.165) is 24.7 Å². The fourth-order valence-electron chi connectivity index (χ4n) is 2.31. The number of carbonyl (C=O) groups is 1. The van der Waals surface area contributed by atoms with Crippen molar-refractivity contribution in [3.05, 3.63) is 29.3 Å². The van der Waals surface area contributed by atoms with Crippen LogP contribution in [0.25, 0.3) is 0 Å². The van der Waals surface area contributed by atoms with Crippen LogP contribution in [0.3, 0.4) is 0 Å². The van der Waals surface area contributed by atoms with Crippen molar-refractivity contribution in [1.82, 2.24) is 10.6 Å². The molecule has 24 heavy (non-hydrogen) atoms. The number of hydrogen-bond donors (Lipinski definition) is 2. The van der Waals surface area contributed by atoms with Gasteiger partial charge in [-0.2, -0.15) is 0 Å². The van der Waals surface area contributed by atoms with Gasteiger partial charge in [-0.1, -0.05) is 17.7 Å². The van der Waals surface area contributed by atoms with Crippen molar-refractivity contribution in [2.75, 3.05) is 33.9 Å². The molecule has 0 bridgehead atoms. The zero-order chi connectivity index (χ0) is 17.8. The van der Waals surface area contributed by atoms with Crippen LogP contribution in [-0.2, 0) is 16.0 Å². The van der Waals surface area contributed by atoms with Crippen molar-refractivity contribution in [2.24, 2.45) is 4.99 Å². The summed E-state index contributed by atoms with van der Waals surface area (Å²) < 4.78 is 10.3. The molecule has 0 aliphatic heterocycles. The number of aryl methyl sites for hydroxylation is 1. The predicted molar refractivity (Wildman–Crippen MR) is 96.7 cm³/mol. The Bertz CT molecular complexity index is 544. The van der Waals surface area contributed by atoms with E-state index in [0.29, 0.717) is 26.0 Å². The molecule has 0 saturated carbocycles. The largest absolute Gasteiger partial charge is 0.496 e. The zero-order valence-electron chi connectivity index (χ0n) is 15.1. The molecule has 0 amide bonds. The Morgan fingerprint density at radius 1 is 1.25 bits per heavy atom. The predicted octanol–water partition coefficient (Wildman–Crippen LogP) is 2.05. The maximum atomic E-state index is 11.3. The third kappa shape index (κ3) is 7.35. The SMILES string of the molecule is CCOC(=O)CCCNC(=NC)NCCc1cc(C)ccc1OC. The van der Waals surface area contributed by atoms with Gasteiger partial charge >= 0.3 is 5.97 Å². The summed E-state index contributed by atoms with van der Waals surface area (Å²) in [4.78, 5) is 15.4. The van der Waals surface area contributed by atoms with Crippen molar-refractivity contribution in [2.45, 2.75) is 33.1 Å². The van der Waals surface area contributed by atoms with Crippen LogP contribution in [-0.4, -0.2) is 45.8 Å². The van der Waals surface area contributed by atoms with Crippen LogP contribution in [0.4, 0.5) is 0 Å². The first-order valence-corrected chi connectivity index (χ1v) is 8.34. The smallest absolute Gasteiger partial charge is 0.305 e. The Morgan fingerprint density at radius 3 is 2.67 bits per heavy atom. The molecule has 0 unspecified atom stereocenters. The number of nitrogens with zero attached hydrogens (tertiary/aromatic N) is 1. The van der Waals surface area contributed by atoms with E-state index in [1.807, 2.05) is 19.1 Å². The number of hydrogen-bond acceptors (Lipinski definition) is 4. The van der Waals surface area contributed by atoms with Gasteiger partial charge in [0.25, 0.3) is 0 Å². The Balaban J connectivity index is 2.32. The van der Waals surface area contributed by atoms with Gasteiger partial charge in [-0.25, -0.2) is 0 Å². The summed E-state index contributed by atoms with van der Waals surface area (Å²) in [5.74, 6) is 1.47. The number of benzene rings is 1. The van der Waals surface area contributed by atoms with Crippen LogP contribution in [0.1, 0.15) is 30.9 Å². The van der Waals surface area contributed by atoms with Crippen molar-refractivity contribution < 1.29 is 14.3 Å². The number of carbonyl (C=O) groups excluding carboxylic acids is 1. The first-order chi connectivity index (χ1) is 11.6. The number of ether oxygens (including phenoxy) is 2. The van der Waals surface area contributed by atoms with Gasteiger partial charge in [-0.05, 0) is 38.3 Å². The molecular formula is C18H29N3O3. The Morgan fingerprint density at radius 2 is 2.00 bits per heavy atom. The van der Waals surface area contributed by atoms with Gasteiger partial charge in [0, 0.05) is 26.6 Å². The van der Waals surface area contributed by atoms with E-state index in [1.165, 1.54) is 11.1 Å². The second-order valence-electron chi connectivity index (χ2n) is 5.40. The topological polar surface area (TPSA) is 72.0 Å². The van der Waals surface area contributed by atoms with E-state index in [1.54, 1.807) is 14.2 Å². The first kappa shape index (κ1) is 19.8. The molecule has 1 aromatic carbocycles. The highest BCUT2D eigenvalue weighted by Gasteiger charge is 2.05. The summed E-state index contributed by atoms with van der Waals surface area (Å²) in [7, 11) is 3.42. The Kier molecular flexibility index (Phi) is 9.34. The van der Waals surface area contributed by atoms with Crippen molar-refractivity contribution >= 4 is 11.9 Å². The lowest BCUT2D eigenvalue weighted by molar-refractivity contribution is -0.143. The van der Waals surface area contributed by atoms with E-state index in [-0.39, 0.29) is 5.97 Å². The van der Waals surface area contributed by atoms with Crippen LogP contribution in [0.5, 0.6) is 5.75 Å². The lowest BCUT2D eigenvalue weighted by atomic mass is 10.1. The second kappa shape index (κ2) is 11.3. The highest BCUT2D eigenvalue weighted by Crippen LogP contribution is 2.19. The molecule has 0 spiro atoms. The zero-order valence-corrected chi connectivity index (χ0v) is 15.1. The molecule has 0 radical (unpaired) electrons. The molecule has 134 valence electrons. The van der Waals surface area contributed by atoms with Gasteiger partial charge < -0.3 is 20.1 Å². The van der Waals surface area contributed by atoms with Crippen LogP contribution < -0.4 is 15.4 Å². The molecule has 0 fully saturated rings. The molecule has 0 aliphatic carbocycles. The average Bonchev–Trinajstić information content (AvgIpc) is 2.57. The molecule has 0 heterocycles. The third-order valence-electron chi connectivity index (χ3n) is 3.50. The van der Waals surface area contributed by atoms with E-state index >= 15 is 0 Å². The molecule has 2 N–H and O–H groups in total. The van der Waals surface area contributed by atoms with Gasteiger partial charge in [0.2, 0.25) is 0 Å². The molecule has 0 aromatic heterocycles. The summed E-state index contributed by atoms with van der Waals surface area (Å²) >= 11 is 0. The number of rotatable bonds is 9. The summed E-state index contributed by atoms with van der Waals surface area (Å²) in [6.45, 7) is 5.73. The molecule has 6 nitrogen and oxygen atoms in total. The first-order valence-electron chi connectivity index (χ1n) is 8.34. The normalized spacial score (nSPS) is 11.1. The minimum absolute atomic E-state index is 0.159. The number of nitrogens with one attached hydrogen (secondary N) is 2. The van der Waals surface area contributed by atoms with Crippen molar-refractivity contribution in [3.8, 4) is 5.75 Å². The highest BCUT2D eigenvalue weighted by molar-refractivity contribution is 5.79. The highest BCUT2D eigenvalue weighted by atomic mass is 16.5. The maximum absolute atomic E-state index is 11.3. The average molecular weight is 335 g/mol. The summed E-state index contributed by atoms with van der Waals surface area (Å²) in [6, 6.07) is 6.17. The van der Waals surface area contributed by atoms with Crippen molar-refractivity contribution in [3.63, 3.8) is 0 Å². The fourth-order valence-corrected chi connectivity index (χ4v) is 2.31. The van der Waals surface area contributed by atoms with E-state index in [2.05, 4.69) is 28.6 Å². The third-order valence-corrected chi connectivity index (χ3v) is 3.50. The van der Waals surface area contributed by atoms with Crippen molar-refractivity contribution in [1.29, 1.82) is 0 Å². The van der Waals surface area contributed by atoms with Gasteiger partial charge in [-0.15, -0.1) is 0 Å². The molecule has 6 heteroatoms. The minimum Gasteiger partial charge on any atom is -0.496 e. The Labute approximate surface area is 144 Å². The lowest BCUT2D eigenvalue weighted by Gasteiger charge is -2.13. The molecule has 0 aliphatic rings. The summed E-state index contributed by atoms with van der Waals surface area (Å²) in [6.07, 6.45) is 1.97. The second-order valence-corrected chi connectivity index (χ2v) is 5.40. The quantitative estimate of drug-likeness (QED) is 0.313. The lowest BCUT2D eigenvalue weighted by Crippen LogP contribution is -2.38. The summed E-state index contributed by atoms with van der Waals surface area (Å²) in [5.41, 5.74) is 2.38. The number of methoxy groups -OCH3 is 1. The molecule has 1 aromatic rings.